The molecule has 18 heteroatoms. The predicted molar refractivity (Wildman–Crippen MR) is 146 cm³/mol. The SMILES string of the molecule is C[C@@H]1CC[C@H](C)N1c1nc(-c2ccc(OC(O)(C(O)(O)O)C(O)(O)O)nc2)ccc1C(=O)NS(=O)(=O)c1cccc(N)n1. The van der Waals surface area contributed by atoms with Crippen LogP contribution < -0.4 is 20.1 Å². The Balaban J connectivity index is 1.69. The van der Waals surface area contributed by atoms with Gasteiger partial charge in [-0.1, -0.05) is 6.07 Å². The molecule has 0 bridgehead atoms. The van der Waals surface area contributed by atoms with Crippen molar-refractivity contribution in [3.8, 4) is 17.1 Å². The Bertz CT molecular complexity index is 1580. The Labute approximate surface area is 244 Å². The molecule has 1 aliphatic heterocycles. The van der Waals surface area contributed by atoms with E-state index < -0.39 is 44.6 Å². The van der Waals surface area contributed by atoms with Crippen LogP contribution in [-0.2, 0) is 10.0 Å². The van der Waals surface area contributed by atoms with Crippen molar-refractivity contribution in [3.63, 3.8) is 0 Å². The molecule has 17 nitrogen and oxygen atoms in total. The summed E-state index contributed by atoms with van der Waals surface area (Å²) in [5.74, 6) is -14.4. The number of aromatic nitrogens is 3. The van der Waals surface area contributed by atoms with Gasteiger partial charge in [-0.3, -0.25) is 4.79 Å². The Hall–Kier alpha value is -4.01. The van der Waals surface area contributed by atoms with E-state index in [-0.39, 0.29) is 40.5 Å². The number of hydrogen-bond acceptors (Lipinski definition) is 16. The fraction of sp³-hybridized carbons (Fsp3) is 0.360. The quantitative estimate of drug-likeness (QED) is 0.116. The van der Waals surface area contributed by atoms with Gasteiger partial charge in [0.2, 0.25) is 5.88 Å². The molecule has 1 aliphatic rings. The number of nitrogens with one attached hydrogen (secondary N) is 1. The van der Waals surface area contributed by atoms with Crippen LogP contribution in [0.4, 0.5) is 11.6 Å². The topological polar surface area (TPSA) is 282 Å². The summed E-state index contributed by atoms with van der Waals surface area (Å²) in [7, 11) is -4.39. The third-order valence-corrected chi connectivity index (χ3v) is 7.99. The van der Waals surface area contributed by atoms with Gasteiger partial charge < -0.3 is 51.1 Å². The molecule has 0 spiro atoms. The Morgan fingerprint density at radius 3 is 2.12 bits per heavy atom. The van der Waals surface area contributed by atoms with E-state index in [0.717, 1.165) is 25.1 Å². The first-order valence-electron chi connectivity index (χ1n) is 12.6. The van der Waals surface area contributed by atoms with Gasteiger partial charge in [0.05, 0.1) is 11.3 Å². The fourth-order valence-electron chi connectivity index (χ4n) is 4.51. The second-order valence-electron chi connectivity index (χ2n) is 9.99. The lowest BCUT2D eigenvalue weighted by Gasteiger charge is -2.38. The van der Waals surface area contributed by atoms with Gasteiger partial charge in [-0.2, -0.15) is 8.42 Å². The van der Waals surface area contributed by atoms with Crippen LogP contribution in [0.2, 0.25) is 0 Å². The highest BCUT2D eigenvalue weighted by molar-refractivity contribution is 7.90. The van der Waals surface area contributed by atoms with E-state index in [1.54, 1.807) is 0 Å². The molecular formula is C25H30N6O11S. The molecule has 0 aliphatic carbocycles. The predicted octanol–water partition coefficient (Wildman–Crippen LogP) is -2.05. The number of hydrogen-bond donors (Lipinski definition) is 9. The van der Waals surface area contributed by atoms with E-state index in [4.69, 9.17) is 5.73 Å². The monoisotopic (exact) mass is 622 g/mol. The molecule has 0 radical (unpaired) electrons. The van der Waals surface area contributed by atoms with Crippen LogP contribution in [0.15, 0.2) is 53.7 Å². The number of carbonyl (C=O) groups is 1. The van der Waals surface area contributed by atoms with Crippen LogP contribution in [0, 0.1) is 0 Å². The zero-order valence-corrected chi connectivity index (χ0v) is 23.5. The highest BCUT2D eigenvalue weighted by Crippen LogP contribution is 2.34. The number of pyridine rings is 3. The van der Waals surface area contributed by atoms with Crippen LogP contribution in [0.5, 0.6) is 5.88 Å². The fourth-order valence-corrected chi connectivity index (χ4v) is 5.45. The van der Waals surface area contributed by atoms with E-state index in [0.29, 0.717) is 0 Å². The van der Waals surface area contributed by atoms with E-state index >= 15 is 0 Å². The largest absolute Gasteiger partial charge is 0.430 e. The van der Waals surface area contributed by atoms with E-state index in [9.17, 15) is 49.0 Å². The molecule has 0 aromatic carbocycles. The van der Waals surface area contributed by atoms with E-state index in [2.05, 4.69) is 19.7 Å². The van der Waals surface area contributed by atoms with Gasteiger partial charge in [0.1, 0.15) is 11.6 Å². The van der Waals surface area contributed by atoms with Gasteiger partial charge in [-0.15, -0.1) is 0 Å². The summed E-state index contributed by atoms with van der Waals surface area (Å²) < 4.78 is 32.3. The molecule has 0 unspecified atom stereocenters. The summed E-state index contributed by atoms with van der Waals surface area (Å²) >= 11 is 0. The highest BCUT2D eigenvalue weighted by Gasteiger charge is 2.66. The zero-order valence-electron chi connectivity index (χ0n) is 22.7. The van der Waals surface area contributed by atoms with Crippen molar-refractivity contribution in [2.75, 3.05) is 10.6 Å². The molecule has 4 heterocycles. The van der Waals surface area contributed by atoms with Crippen LogP contribution in [0.25, 0.3) is 11.3 Å². The summed E-state index contributed by atoms with van der Waals surface area (Å²) in [5, 5.41) is 65.3. The average molecular weight is 623 g/mol. The Kier molecular flexibility index (Phi) is 8.35. The normalized spacial score (nSPS) is 18.0. The molecule has 1 saturated heterocycles. The second kappa shape index (κ2) is 11.2. The molecule has 2 atom stereocenters. The highest BCUT2D eigenvalue weighted by atomic mass is 32.2. The van der Waals surface area contributed by atoms with Crippen molar-refractivity contribution >= 4 is 27.6 Å². The molecule has 10 N–H and O–H groups in total. The first-order chi connectivity index (χ1) is 19.8. The molecule has 3 aromatic rings. The maximum Gasteiger partial charge on any atom is 0.376 e. The lowest BCUT2D eigenvalue weighted by molar-refractivity contribution is -0.540. The van der Waals surface area contributed by atoms with Crippen molar-refractivity contribution in [2.24, 2.45) is 0 Å². The number of nitrogens with zero attached hydrogens (tertiary/aromatic N) is 4. The van der Waals surface area contributed by atoms with Crippen LogP contribution in [-0.4, -0.2) is 94.8 Å². The molecule has 1 fully saturated rings. The van der Waals surface area contributed by atoms with Crippen LogP contribution >= 0.6 is 0 Å². The summed E-state index contributed by atoms with van der Waals surface area (Å²) in [6.45, 7) is 3.85. The summed E-state index contributed by atoms with van der Waals surface area (Å²) in [5.41, 5.74) is 6.06. The van der Waals surface area contributed by atoms with Crippen molar-refractivity contribution in [1.29, 1.82) is 0 Å². The van der Waals surface area contributed by atoms with E-state index in [1.807, 2.05) is 23.5 Å². The number of rotatable bonds is 9. The number of sulfonamides is 1. The molecule has 4 rings (SSSR count). The van der Waals surface area contributed by atoms with Gasteiger partial charge in [0.15, 0.2) is 5.03 Å². The number of anilines is 2. The number of carbonyl (C=O) groups excluding carboxylic acids is 1. The van der Waals surface area contributed by atoms with Crippen LogP contribution in [0.1, 0.15) is 37.0 Å². The smallest absolute Gasteiger partial charge is 0.376 e. The molecule has 0 saturated carbocycles. The van der Waals surface area contributed by atoms with Gasteiger partial charge in [-0.25, -0.2) is 19.7 Å². The summed E-state index contributed by atoms with van der Waals surface area (Å²) in [6, 6.07) is 8.91. The zero-order chi connectivity index (χ0) is 32.0. The lowest BCUT2D eigenvalue weighted by atomic mass is 10.1. The molecule has 43 heavy (non-hydrogen) atoms. The summed E-state index contributed by atoms with van der Waals surface area (Å²) in [4.78, 5) is 27.3. The minimum Gasteiger partial charge on any atom is -0.430 e. The van der Waals surface area contributed by atoms with Crippen molar-refractivity contribution in [3.05, 3.63) is 54.2 Å². The van der Waals surface area contributed by atoms with Crippen LogP contribution in [0.3, 0.4) is 0 Å². The second-order valence-corrected chi connectivity index (χ2v) is 11.6. The number of amides is 1. The first-order valence-corrected chi connectivity index (χ1v) is 14.1. The van der Waals surface area contributed by atoms with Gasteiger partial charge in [0, 0.05) is 29.9 Å². The lowest BCUT2D eigenvalue weighted by Crippen LogP contribution is -2.71. The average Bonchev–Trinajstić information content (AvgIpc) is 3.24. The third-order valence-electron chi connectivity index (χ3n) is 6.76. The van der Waals surface area contributed by atoms with Crippen molar-refractivity contribution in [1.82, 2.24) is 19.7 Å². The molecule has 1 amide bonds. The van der Waals surface area contributed by atoms with Crippen molar-refractivity contribution in [2.45, 2.75) is 61.5 Å². The number of nitrogens with two attached hydrogens (primary N) is 1. The van der Waals surface area contributed by atoms with Crippen molar-refractivity contribution < 1.29 is 53.7 Å². The number of nitrogen functional groups attached to an aromatic ring is 1. The maximum atomic E-state index is 13.3. The Morgan fingerprint density at radius 2 is 1.58 bits per heavy atom. The minimum absolute atomic E-state index is 0.0508. The van der Waals surface area contributed by atoms with Gasteiger partial charge in [0.25, 0.3) is 15.9 Å². The standard InChI is InChI=1S/C25H30N6O11S/c1-13-6-7-14(2)31(13)21-16(22(32)30-43(40,41)20-5-3-4-18(26)29-20)9-10-17(28-21)15-8-11-19(27-12-15)42-23(33,24(34,35)36)25(37,38)39/h3-5,8-14,33-39H,6-7H2,1-2H3,(H2,26,29)(H,30,32)/t13-,14+. The molecule has 3 aromatic heterocycles. The van der Waals surface area contributed by atoms with Gasteiger partial charge >= 0.3 is 17.7 Å². The molecule has 232 valence electrons. The van der Waals surface area contributed by atoms with E-state index in [1.165, 1.54) is 36.4 Å². The first kappa shape index (κ1) is 31.9. The third kappa shape index (κ3) is 6.36. The number of ether oxygens (including phenoxy) is 1. The number of aliphatic hydroxyl groups is 7. The summed E-state index contributed by atoms with van der Waals surface area (Å²) in [6.07, 6.45) is 2.66. The maximum absolute atomic E-state index is 13.3. The Morgan fingerprint density at radius 1 is 0.953 bits per heavy atom. The van der Waals surface area contributed by atoms with Gasteiger partial charge in [-0.05, 0) is 57.0 Å². The minimum atomic E-state index is -4.39. The molecular weight excluding hydrogens is 592 g/mol.